The van der Waals surface area contributed by atoms with Crippen molar-refractivity contribution >= 4 is 20.1 Å². The number of aliphatic hydroxyl groups excluding tert-OH is 1. The molecule has 1 atom stereocenters. The molecule has 0 aromatic heterocycles. The van der Waals surface area contributed by atoms with Crippen molar-refractivity contribution < 1.29 is 26.1 Å². The molecule has 0 aliphatic heterocycles. The molecule has 0 fully saturated rings. The van der Waals surface area contributed by atoms with E-state index in [9.17, 15) is 21.9 Å². The number of aliphatic hydroxyl groups is 1. The Balaban J connectivity index is 2.14. The van der Waals surface area contributed by atoms with Crippen molar-refractivity contribution in [2.45, 2.75) is 36.7 Å². The Kier molecular flexibility index (Phi) is 7.35. The third-order valence-electron chi connectivity index (χ3n) is 4.02. The molecule has 0 heterocycles. The van der Waals surface area contributed by atoms with Gasteiger partial charge < -0.3 is 5.11 Å². The van der Waals surface area contributed by atoms with Gasteiger partial charge in [0.05, 0.1) is 22.5 Å². The maximum atomic E-state index is 12.9. The molecule has 154 valence electrons. The summed E-state index contributed by atoms with van der Waals surface area (Å²) in [6.07, 6.45) is -0.922. The highest BCUT2D eigenvalue weighted by atomic mass is 32.2. The zero-order chi connectivity index (χ0) is 20.9. The van der Waals surface area contributed by atoms with E-state index in [1.165, 1.54) is 31.2 Å². The van der Waals surface area contributed by atoms with Crippen LogP contribution >= 0.6 is 0 Å². The molecule has 0 spiro atoms. The van der Waals surface area contributed by atoms with Crippen molar-refractivity contribution in [2.75, 3.05) is 19.7 Å². The van der Waals surface area contributed by atoms with Crippen LogP contribution in [0.3, 0.4) is 0 Å². The van der Waals surface area contributed by atoms with Crippen LogP contribution in [-0.2, 0) is 24.3 Å². The second-order valence-corrected chi connectivity index (χ2v) is 10.2. The molecule has 2 aromatic rings. The molecule has 0 radical (unpaired) electrons. The Morgan fingerprint density at radius 2 is 1.36 bits per heavy atom. The molecular weight excluding hydrogens is 402 g/mol. The van der Waals surface area contributed by atoms with Gasteiger partial charge in [-0.15, -0.1) is 0 Å². The molecule has 0 saturated heterocycles. The molecule has 0 bridgehead atoms. The molecule has 7 nitrogen and oxygen atoms in total. The second-order valence-electron chi connectivity index (χ2n) is 6.61. The van der Waals surface area contributed by atoms with Crippen LogP contribution < -0.4 is 0 Å². The summed E-state index contributed by atoms with van der Waals surface area (Å²) in [7, 11) is -7.90. The summed E-state index contributed by atoms with van der Waals surface area (Å²) in [6, 6.07) is 12.5. The lowest BCUT2D eigenvalue weighted by molar-refractivity contribution is 0.156. The molecule has 1 unspecified atom stereocenters. The first kappa shape index (κ1) is 22.5. The Labute approximate surface area is 166 Å². The average Bonchev–Trinajstić information content (AvgIpc) is 2.61. The lowest BCUT2D eigenvalue weighted by Crippen LogP contribution is -2.39. The van der Waals surface area contributed by atoms with Gasteiger partial charge in [-0.2, -0.15) is 12.7 Å². The summed E-state index contributed by atoms with van der Waals surface area (Å²) in [4.78, 5) is 0.0710. The van der Waals surface area contributed by atoms with Gasteiger partial charge in [0, 0.05) is 13.1 Å². The number of sulfonamides is 1. The first-order valence-electron chi connectivity index (χ1n) is 8.73. The normalized spacial score (nSPS) is 13.6. The van der Waals surface area contributed by atoms with E-state index in [1.807, 2.05) is 13.8 Å². The van der Waals surface area contributed by atoms with Crippen LogP contribution in [0.2, 0.25) is 0 Å². The van der Waals surface area contributed by atoms with Crippen molar-refractivity contribution in [3.05, 3.63) is 59.7 Å². The molecule has 0 aliphatic rings. The fourth-order valence-corrected chi connectivity index (χ4v) is 4.89. The second kappa shape index (κ2) is 9.15. The van der Waals surface area contributed by atoms with Crippen LogP contribution in [0.15, 0.2) is 58.3 Å². The van der Waals surface area contributed by atoms with E-state index in [0.29, 0.717) is 0 Å². The van der Waals surface area contributed by atoms with Crippen LogP contribution in [0.25, 0.3) is 0 Å². The van der Waals surface area contributed by atoms with Crippen LogP contribution in [0, 0.1) is 13.8 Å². The van der Waals surface area contributed by atoms with Crippen LogP contribution in [-0.4, -0.2) is 52.0 Å². The minimum Gasteiger partial charge on any atom is -0.392 e. The maximum absolute atomic E-state index is 12.9. The van der Waals surface area contributed by atoms with Crippen molar-refractivity contribution in [2.24, 2.45) is 0 Å². The highest BCUT2D eigenvalue weighted by molar-refractivity contribution is 7.89. The summed E-state index contributed by atoms with van der Waals surface area (Å²) < 4.78 is 56.3. The Hall–Kier alpha value is -1.78. The van der Waals surface area contributed by atoms with Crippen molar-refractivity contribution in [3.63, 3.8) is 0 Å². The van der Waals surface area contributed by atoms with E-state index in [2.05, 4.69) is 0 Å². The molecule has 2 aromatic carbocycles. The molecule has 1 N–H and O–H groups in total. The quantitative estimate of drug-likeness (QED) is 0.615. The number of aryl methyl sites for hydroxylation is 2. The van der Waals surface area contributed by atoms with Gasteiger partial charge in [0.15, 0.2) is 0 Å². The third-order valence-corrected chi connectivity index (χ3v) is 7.22. The Bertz CT molecular complexity index is 982. The van der Waals surface area contributed by atoms with Crippen LogP contribution in [0.4, 0.5) is 0 Å². The molecule has 0 amide bonds. The minimum absolute atomic E-state index is 0.00145. The molecule has 0 saturated carbocycles. The maximum Gasteiger partial charge on any atom is 0.297 e. The zero-order valence-corrected chi connectivity index (χ0v) is 17.7. The summed E-state index contributed by atoms with van der Waals surface area (Å²) in [5.74, 6) is 0. The van der Waals surface area contributed by atoms with Crippen molar-refractivity contribution in [1.82, 2.24) is 4.31 Å². The van der Waals surface area contributed by atoms with Gasteiger partial charge in [-0.3, -0.25) is 4.18 Å². The first-order valence-corrected chi connectivity index (χ1v) is 11.6. The number of hydrogen-bond donors (Lipinski definition) is 1. The zero-order valence-electron chi connectivity index (χ0n) is 16.1. The van der Waals surface area contributed by atoms with E-state index in [4.69, 9.17) is 4.18 Å². The standard InChI is InChI=1S/C19H25NO6S2/c1-15-4-8-18(9-5-15)27(22,23)20(14-17(3)21)12-13-26-28(24,25)19-10-6-16(2)7-11-19/h4-11,17,21H,12-14H2,1-3H3. The topological polar surface area (TPSA) is 101 Å². The van der Waals surface area contributed by atoms with Gasteiger partial charge >= 0.3 is 0 Å². The average molecular weight is 428 g/mol. The highest BCUT2D eigenvalue weighted by Gasteiger charge is 2.26. The van der Waals surface area contributed by atoms with Gasteiger partial charge in [-0.05, 0) is 45.0 Å². The van der Waals surface area contributed by atoms with Gasteiger partial charge in [0.25, 0.3) is 10.1 Å². The number of rotatable bonds is 9. The van der Waals surface area contributed by atoms with Gasteiger partial charge in [0.2, 0.25) is 10.0 Å². The van der Waals surface area contributed by atoms with Gasteiger partial charge in [-0.1, -0.05) is 35.4 Å². The molecular formula is C19H25NO6S2. The van der Waals surface area contributed by atoms with Crippen molar-refractivity contribution in [3.8, 4) is 0 Å². The predicted octanol–water partition coefficient (Wildman–Crippen LogP) is 2.08. The van der Waals surface area contributed by atoms with E-state index < -0.39 is 26.2 Å². The number of hydrogen-bond acceptors (Lipinski definition) is 6. The summed E-state index contributed by atoms with van der Waals surface area (Å²) in [5.41, 5.74) is 1.82. The van der Waals surface area contributed by atoms with Crippen molar-refractivity contribution in [1.29, 1.82) is 0 Å². The number of nitrogens with zero attached hydrogens (tertiary/aromatic N) is 1. The minimum atomic E-state index is -4.00. The lowest BCUT2D eigenvalue weighted by Gasteiger charge is -2.23. The summed E-state index contributed by atoms with van der Waals surface area (Å²) >= 11 is 0. The van der Waals surface area contributed by atoms with Gasteiger partial charge in [0.1, 0.15) is 0 Å². The third kappa shape index (κ3) is 5.86. The fraction of sp³-hybridized carbons (Fsp3) is 0.368. The van der Waals surface area contributed by atoms with Crippen LogP contribution in [0.5, 0.6) is 0 Å². The Morgan fingerprint density at radius 1 is 0.893 bits per heavy atom. The van der Waals surface area contributed by atoms with E-state index in [-0.39, 0.29) is 29.5 Å². The fourth-order valence-electron chi connectivity index (χ4n) is 2.49. The smallest absolute Gasteiger partial charge is 0.297 e. The van der Waals surface area contributed by atoms with Gasteiger partial charge in [-0.25, -0.2) is 8.42 Å². The van der Waals surface area contributed by atoms with Crippen LogP contribution in [0.1, 0.15) is 18.1 Å². The predicted molar refractivity (Wildman–Crippen MR) is 106 cm³/mol. The van der Waals surface area contributed by atoms with E-state index >= 15 is 0 Å². The molecule has 28 heavy (non-hydrogen) atoms. The molecule has 0 aliphatic carbocycles. The summed E-state index contributed by atoms with van der Waals surface area (Å²) in [6.45, 7) is 4.38. The Morgan fingerprint density at radius 3 is 1.82 bits per heavy atom. The highest BCUT2D eigenvalue weighted by Crippen LogP contribution is 2.18. The SMILES string of the molecule is Cc1ccc(S(=O)(=O)OCCN(CC(C)O)S(=O)(=O)c2ccc(C)cc2)cc1. The lowest BCUT2D eigenvalue weighted by atomic mass is 10.2. The summed E-state index contributed by atoms with van der Waals surface area (Å²) in [5, 5.41) is 9.68. The number of benzene rings is 2. The first-order chi connectivity index (χ1) is 13.0. The largest absolute Gasteiger partial charge is 0.392 e. The molecule has 9 heteroatoms. The van der Waals surface area contributed by atoms with E-state index in [0.717, 1.165) is 15.4 Å². The monoisotopic (exact) mass is 427 g/mol. The van der Waals surface area contributed by atoms with E-state index in [1.54, 1.807) is 24.3 Å². The molecule has 2 rings (SSSR count).